The second kappa shape index (κ2) is 12.3. The molecule has 0 radical (unpaired) electrons. The molecular formula is C19H30O7. The fourth-order valence-electron chi connectivity index (χ4n) is 1.72. The van der Waals surface area contributed by atoms with Crippen LogP contribution in [0.3, 0.4) is 0 Å². The number of carbonyl (C=O) groups excluding carboxylic acids is 2. The number of hydrogen-bond donors (Lipinski definition) is 0. The van der Waals surface area contributed by atoms with E-state index in [1.165, 1.54) is 25.3 Å². The summed E-state index contributed by atoms with van der Waals surface area (Å²) in [6.07, 6.45) is -0.176. The van der Waals surface area contributed by atoms with Gasteiger partial charge in [-0.3, -0.25) is 4.79 Å². The van der Waals surface area contributed by atoms with Crippen molar-refractivity contribution in [2.24, 2.45) is 0 Å². The van der Waals surface area contributed by atoms with Gasteiger partial charge in [0, 0.05) is 18.8 Å². The van der Waals surface area contributed by atoms with Crippen LogP contribution in [-0.4, -0.2) is 44.7 Å². The number of ether oxygens (including phenoxy) is 5. The minimum atomic E-state index is -0.820. The third-order valence-corrected chi connectivity index (χ3v) is 2.71. The highest BCUT2D eigenvalue weighted by Gasteiger charge is 2.19. The average Bonchev–Trinajstić information content (AvgIpc) is 2.54. The third kappa shape index (κ3) is 10.7. The molecule has 0 atom stereocenters. The zero-order valence-electron chi connectivity index (χ0n) is 16.7. The molecule has 0 unspecified atom stereocenters. The lowest BCUT2D eigenvalue weighted by atomic mass is 10.2. The number of rotatable bonds is 7. The van der Waals surface area contributed by atoms with Crippen molar-refractivity contribution in [2.75, 3.05) is 20.3 Å². The molecule has 26 heavy (non-hydrogen) atoms. The number of methoxy groups -OCH3 is 1. The highest BCUT2D eigenvalue weighted by Crippen LogP contribution is 2.28. The van der Waals surface area contributed by atoms with Crippen LogP contribution in [0.4, 0.5) is 4.79 Å². The van der Waals surface area contributed by atoms with Crippen LogP contribution in [0.15, 0.2) is 18.2 Å². The molecule has 1 aromatic carbocycles. The maximum Gasteiger partial charge on any atom is 0.514 e. The fraction of sp³-hybridized carbons (Fsp3) is 0.579. The van der Waals surface area contributed by atoms with E-state index in [1.54, 1.807) is 20.8 Å². The second-order valence-corrected chi connectivity index (χ2v) is 6.07. The molecule has 7 nitrogen and oxygen atoms in total. The summed E-state index contributed by atoms with van der Waals surface area (Å²) in [4.78, 5) is 22.1. The first-order valence-electron chi connectivity index (χ1n) is 8.44. The highest BCUT2D eigenvalue weighted by atomic mass is 16.7. The van der Waals surface area contributed by atoms with Crippen LogP contribution < -0.4 is 9.47 Å². The van der Waals surface area contributed by atoms with Crippen LogP contribution in [0, 0.1) is 0 Å². The molecule has 0 spiro atoms. The van der Waals surface area contributed by atoms with Crippen molar-refractivity contribution in [3.05, 3.63) is 23.8 Å². The average molecular weight is 370 g/mol. The van der Waals surface area contributed by atoms with Crippen molar-refractivity contribution in [3.8, 4) is 11.5 Å². The monoisotopic (exact) mass is 370 g/mol. The Morgan fingerprint density at radius 1 is 1.12 bits per heavy atom. The van der Waals surface area contributed by atoms with Crippen molar-refractivity contribution in [1.82, 2.24) is 0 Å². The number of benzene rings is 1. The minimum absolute atomic E-state index is 0.0370. The van der Waals surface area contributed by atoms with Crippen molar-refractivity contribution in [3.63, 3.8) is 0 Å². The van der Waals surface area contributed by atoms with Gasteiger partial charge < -0.3 is 23.7 Å². The third-order valence-electron chi connectivity index (χ3n) is 2.71. The van der Waals surface area contributed by atoms with Crippen molar-refractivity contribution in [2.45, 2.75) is 53.4 Å². The topological polar surface area (TPSA) is 80.3 Å². The largest absolute Gasteiger partial charge is 0.514 e. The lowest BCUT2D eigenvalue weighted by molar-refractivity contribution is -0.123. The van der Waals surface area contributed by atoms with Gasteiger partial charge in [-0.25, -0.2) is 4.79 Å². The maximum absolute atomic E-state index is 11.5. The summed E-state index contributed by atoms with van der Waals surface area (Å²) in [5, 5.41) is 0. The maximum atomic E-state index is 11.5. The van der Waals surface area contributed by atoms with Gasteiger partial charge in [0.1, 0.15) is 11.9 Å². The lowest BCUT2D eigenvalue weighted by Crippen LogP contribution is -2.26. The van der Waals surface area contributed by atoms with Crippen LogP contribution in [0.5, 0.6) is 11.5 Å². The standard InChI is InChI=1S/C13H16O5.C6H14O2/c1-13(2,3)18-12(15)17-10-6-5-9(8-14)7-11(10)16-4;1-4-7-6(3)8-5-2/h5-8H,1-4H3;6H,4-5H2,1-3H3. The van der Waals surface area contributed by atoms with Gasteiger partial charge in [-0.05, 0) is 59.7 Å². The second-order valence-electron chi connectivity index (χ2n) is 6.07. The highest BCUT2D eigenvalue weighted by molar-refractivity contribution is 5.77. The predicted molar refractivity (Wildman–Crippen MR) is 98.0 cm³/mol. The number of carbonyl (C=O) groups is 2. The van der Waals surface area contributed by atoms with Gasteiger partial charge in [0.05, 0.1) is 7.11 Å². The molecule has 0 saturated heterocycles. The zero-order valence-corrected chi connectivity index (χ0v) is 16.7. The van der Waals surface area contributed by atoms with Gasteiger partial charge in [0.15, 0.2) is 17.8 Å². The Labute approximate surface area is 155 Å². The first kappa shape index (κ1) is 23.9. The molecule has 7 heteroatoms. The molecular weight excluding hydrogens is 340 g/mol. The van der Waals surface area contributed by atoms with Crippen LogP contribution in [0.25, 0.3) is 0 Å². The van der Waals surface area contributed by atoms with Crippen LogP contribution in [0.1, 0.15) is 51.9 Å². The van der Waals surface area contributed by atoms with E-state index in [0.717, 1.165) is 13.2 Å². The molecule has 0 aliphatic heterocycles. The van der Waals surface area contributed by atoms with Gasteiger partial charge in [-0.1, -0.05) is 0 Å². The molecule has 0 aromatic heterocycles. The zero-order chi connectivity index (χ0) is 20.2. The summed E-state index contributed by atoms with van der Waals surface area (Å²) in [6, 6.07) is 4.48. The van der Waals surface area contributed by atoms with E-state index >= 15 is 0 Å². The first-order valence-corrected chi connectivity index (χ1v) is 8.44. The fourth-order valence-corrected chi connectivity index (χ4v) is 1.72. The summed E-state index contributed by atoms with van der Waals surface area (Å²) < 4.78 is 25.2. The molecule has 0 bridgehead atoms. The molecule has 0 saturated carbocycles. The molecule has 0 aliphatic carbocycles. The lowest BCUT2D eigenvalue weighted by Gasteiger charge is -2.19. The molecule has 0 heterocycles. The van der Waals surface area contributed by atoms with Crippen molar-refractivity contribution in [1.29, 1.82) is 0 Å². The van der Waals surface area contributed by atoms with Crippen LogP contribution in [-0.2, 0) is 14.2 Å². The SMILES string of the molecule is CCOC(C)OCC.COc1cc(C=O)ccc1OC(=O)OC(C)(C)C. The normalized spacial score (nSPS) is 10.6. The van der Waals surface area contributed by atoms with Gasteiger partial charge in [0.2, 0.25) is 0 Å². The van der Waals surface area contributed by atoms with E-state index < -0.39 is 11.8 Å². The Bertz CT molecular complexity index is 543. The number of aldehydes is 1. The van der Waals surface area contributed by atoms with E-state index in [2.05, 4.69) is 0 Å². The Balaban J connectivity index is 0.000000660. The van der Waals surface area contributed by atoms with Crippen LogP contribution >= 0.6 is 0 Å². The van der Waals surface area contributed by atoms with Gasteiger partial charge in [-0.15, -0.1) is 0 Å². The molecule has 0 aliphatic rings. The van der Waals surface area contributed by atoms with E-state index in [-0.39, 0.29) is 12.0 Å². The van der Waals surface area contributed by atoms with Crippen LogP contribution in [0.2, 0.25) is 0 Å². The molecule has 148 valence electrons. The quantitative estimate of drug-likeness (QED) is 0.307. The summed E-state index contributed by atoms with van der Waals surface area (Å²) in [6.45, 7) is 12.5. The van der Waals surface area contributed by atoms with E-state index in [9.17, 15) is 9.59 Å². The Kier molecular flexibility index (Phi) is 11.3. The smallest absolute Gasteiger partial charge is 0.493 e. The van der Waals surface area contributed by atoms with Gasteiger partial charge in [0.25, 0.3) is 0 Å². The Morgan fingerprint density at radius 3 is 2.12 bits per heavy atom. The summed E-state index contributed by atoms with van der Waals surface area (Å²) in [7, 11) is 1.42. The molecule has 1 rings (SSSR count). The van der Waals surface area contributed by atoms with Crippen molar-refractivity contribution >= 4 is 12.4 Å². The van der Waals surface area contributed by atoms with E-state index in [0.29, 0.717) is 17.6 Å². The van der Waals surface area contributed by atoms with Crippen molar-refractivity contribution < 1.29 is 33.3 Å². The summed E-state index contributed by atoms with van der Waals surface area (Å²) >= 11 is 0. The van der Waals surface area contributed by atoms with E-state index in [4.69, 9.17) is 23.7 Å². The van der Waals surface area contributed by atoms with Gasteiger partial charge in [-0.2, -0.15) is 0 Å². The number of hydrogen-bond acceptors (Lipinski definition) is 7. The molecule has 0 N–H and O–H groups in total. The molecule has 0 fully saturated rings. The summed E-state index contributed by atoms with van der Waals surface area (Å²) in [5.41, 5.74) is -0.198. The van der Waals surface area contributed by atoms with Gasteiger partial charge >= 0.3 is 6.16 Å². The first-order chi connectivity index (χ1) is 12.2. The molecule has 0 amide bonds. The Morgan fingerprint density at radius 2 is 1.69 bits per heavy atom. The minimum Gasteiger partial charge on any atom is -0.493 e. The van der Waals surface area contributed by atoms with E-state index in [1.807, 2.05) is 20.8 Å². The predicted octanol–water partition coefficient (Wildman–Crippen LogP) is 4.23. The Hall–Kier alpha value is -2.12. The molecule has 1 aromatic rings. The summed E-state index contributed by atoms with van der Waals surface area (Å²) in [5.74, 6) is 0.503.